The van der Waals surface area contributed by atoms with Crippen LogP contribution in [0.2, 0.25) is 10.0 Å². The smallest absolute Gasteiger partial charge is 0.345 e. The molecule has 5 rings (SSSR count). The number of fused-ring (bicyclic) bond motifs is 3. The summed E-state index contributed by atoms with van der Waals surface area (Å²) in [4.78, 5) is 69.8. The van der Waals surface area contributed by atoms with Crippen molar-refractivity contribution >= 4 is 99.5 Å². The maximum absolute atomic E-state index is 14.5. The third-order valence-corrected chi connectivity index (χ3v) is 12.9. The molecule has 0 radical (unpaired) electrons. The summed E-state index contributed by atoms with van der Waals surface area (Å²) in [6, 6.07) is 10.00. The van der Waals surface area contributed by atoms with Crippen molar-refractivity contribution in [3.8, 4) is 0 Å². The molecule has 0 aromatic heterocycles. The van der Waals surface area contributed by atoms with Gasteiger partial charge in [-0.3, -0.25) is 9.69 Å². The summed E-state index contributed by atoms with van der Waals surface area (Å²) < 4.78 is 18.7. The van der Waals surface area contributed by atoms with E-state index >= 15 is 0 Å². The van der Waals surface area contributed by atoms with Crippen LogP contribution >= 0.6 is 58.5 Å². The number of nitrogens with zero attached hydrogens (tertiary/aromatic N) is 1. The van der Waals surface area contributed by atoms with Gasteiger partial charge in [-0.05, 0) is 51.1 Å². The number of aryl methyl sites for hydroxylation is 1. The molecule has 47 heavy (non-hydrogen) atoms. The number of carbonyl (C=O) groups excluding carboxylic acids is 5. The van der Waals surface area contributed by atoms with E-state index in [0.29, 0.717) is 26.8 Å². The van der Waals surface area contributed by atoms with Gasteiger partial charge in [-0.25, -0.2) is 19.2 Å². The monoisotopic (exact) mass is 735 g/mol. The molecule has 0 atom stereocenters. The third-order valence-electron chi connectivity index (χ3n) is 7.66. The van der Waals surface area contributed by atoms with Crippen LogP contribution in [0.5, 0.6) is 0 Å². The first-order valence-corrected chi connectivity index (χ1v) is 16.9. The van der Waals surface area contributed by atoms with Crippen LogP contribution in [-0.2, 0) is 38.1 Å². The Morgan fingerprint density at radius 3 is 1.83 bits per heavy atom. The summed E-state index contributed by atoms with van der Waals surface area (Å²) in [7, 11) is 4.64. The van der Waals surface area contributed by atoms with Crippen LogP contribution in [0.15, 0.2) is 61.6 Å². The average Bonchev–Trinajstić information content (AvgIpc) is 3.43. The largest absolute Gasteiger partial charge is 0.466 e. The topological polar surface area (TPSA) is 126 Å². The Kier molecular flexibility index (Phi) is 9.61. The van der Waals surface area contributed by atoms with E-state index in [1.807, 2.05) is 19.1 Å². The third kappa shape index (κ3) is 5.55. The lowest BCUT2D eigenvalue weighted by Crippen LogP contribution is -2.54. The molecule has 0 saturated carbocycles. The molecule has 15 heteroatoms. The second-order valence-corrected chi connectivity index (χ2v) is 15.4. The number of rotatable bonds is 5. The highest BCUT2D eigenvalue weighted by Gasteiger charge is 2.62. The van der Waals surface area contributed by atoms with Crippen molar-refractivity contribution < 1.29 is 42.9 Å². The highest BCUT2D eigenvalue weighted by atomic mass is 35.5. The van der Waals surface area contributed by atoms with Crippen molar-refractivity contribution in [1.82, 2.24) is 0 Å². The molecular formula is C32H27Cl2NO9S3. The number of hydrogen-bond acceptors (Lipinski definition) is 12. The van der Waals surface area contributed by atoms with Crippen molar-refractivity contribution in [2.24, 2.45) is 0 Å². The first-order chi connectivity index (χ1) is 22.2. The minimum atomic E-state index is -1.68. The van der Waals surface area contributed by atoms with Gasteiger partial charge in [-0.1, -0.05) is 70.1 Å². The molecule has 1 spiro atoms. The SMILES string of the molecule is COC(=O)C1=C(C(=O)OC)SC2(S1)C(C(=O)OC)=C(C(=O)OC)SC1=C2c2cc(C)ccc2N(C(=O)c2ccc(Cl)cc2Cl)C1(C)C. The van der Waals surface area contributed by atoms with Crippen LogP contribution in [0, 0.1) is 6.92 Å². The van der Waals surface area contributed by atoms with E-state index in [1.54, 1.807) is 30.9 Å². The quantitative estimate of drug-likeness (QED) is 0.245. The number of halogens is 2. The van der Waals surface area contributed by atoms with Crippen LogP contribution in [0.25, 0.3) is 5.57 Å². The number of thioether (sulfide) groups is 3. The number of amides is 1. The second-order valence-electron chi connectivity index (χ2n) is 10.8. The van der Waals surface area contributed by atoms with E-state index in [0.717, 1.165) is 69.3 Å². The van der Waals surface area contributed by atoms with Crippen LogP contribution in [-0.4, -0.2) is 67.8 Å². The van der Waals surface area contributed by atoms with E-state index in [1.165, 1.54) is 12.1 Å². The number of esters is 4. The number of hydrogen-bond donors (Lipinski definition) is 0. The molecule has 0 bridgehead atoms. The van der Waals surface area contributed by atoms with Crippen molar-refractivity contribution in [1.29, 1.82) is 0 Å². The zero-order valence-corrected chi connectivity index (χ0v) is 30.0. The molecule has 3 heterocycles. The zero-order chi connectivity index (χ0) is 34.6. The average molecular weight is 737 g/mol. The van der Waals surface area contributed by atoms with Crippen molar-refractivity contribution in [3.05, 3.63) is 88.3 Å². The molecule has 2 aromatic carbocycles. The predicted octanol–water partition coefficient (Wildman–Crippen LogP) is 6.53. The minimum Gasteiger partial charge on any atom is -0.466 e. The van der Waals surface area contributed by atoms with E-state index in [9.17, 15) is 24.0 Å². The Bertz CT molecular complexity index is 1850. The molecule has 0 unspecified atom stereocenters. The van der Waals surface area contributed by atoms with Gasteiger partial charge in [0.05, 0.1) is 55.8 Å². The minimum absolute atomic E-state index is 0.132. The highest BCUT2D eigenvalue weighted by Crippen LogP contribution is 2.71. The van der Waals surface area contributed by atoms with Gasteiger partial charge >= 0.3 is 23.9 Å². The van der Waals surface area contributed by atoms with Gasteiger partial charge in [-0.2, -0.15) is 0 Å². The first-order valence-electron chi connectivity index (χ1n) is 13.7. The van der Waals surface area contributed by atoms with E-state index in [4.69, 9.17) is 42.1 Å². The summed E-state index contributed by atoms with van der Waals surface area (Å²) in [5.41, 5.74) is 1.03. The lowest BCUT2D eigenvalue weighted by Gasteiger charge is -2.50. The molecular weight excluding hydrogens is 709 g/mol. The Morgan fingerprint density at radius 1 is 0.745 bits per heavy atom. The Balaban J connectivity index is 1.89. The molecule has 0 aliphatic carbocycles. The lowest BCUT2D eigenvalue weighted by molar-refractivity contribution is -0.138. The fraction of sp³-hybridized carbons (Fsp3) is 0.281. The molecule has 2 aromatic rings. The van der Waals surface area contributed by atoms with Gasteiger partial charge in [0.2, 0.25) is 0 Å². The van der Waals surface area contributed by atoms with E-state index < -0.39 is 39.4 Å². The number of methoxy groups -OCH3 is 4. The second kappa shape index (κ2) is 12.9. The number of anilines is 1. The zero-order valence-electron chi connectivity index (χ0n) is 26.1. The van der Waals surface area contributed by atoms with Crippen LogP contribution in [0.3, 0.4) is 0 Å². The maximum atomic E-state index is 14.5. The molecule has 3 aliphatic heterocycles. The first kappa shape index (κ1) is 35.0. The number of carbonyl (C=O) groups is 5. The summed E-state index contributed by atoms with van der Waals surface area (Å²) in [6.07, 6.45) is 0. The summed E-state index contributed by atoms with van der Waals surface area (Å²) >= 11 is 15.3. The molecule has 0 N–H and O–H groups in total. The maximum Gasteiger partial charge on any atom is 0.345 e. The Hall–Kier alpha value is -3.36. The summed E-state index contributed by atoms with van der Waals surface area (Å²) in [5, 5.41) is 0.489. The van der Waals surface area contributed by atoms with Crippen LogP contribution < -0.4 is 4.90 Å². The van der Waals surface area contributed by atoms with Gasteiger partial charge in [0.25, 0.3) is 5.91 Å². The standard InChI is InChI=1S/C32H27Cl2NO9S3/c1-14-8-11-19-17(12-14)20-25(31(2,3)35(19)26(36)16-10-9-15(33)13-18(16)34)45-22(28(38)42-5)21(27(37)41-4)32(20)46-23(29(39)43-6)24(47-32)30(40)44-7/h8-13H,1-7H3. The fourth-order valence-corrected chi connectivity index (χ4v) is 11.1. The van der Waals surface area contributed by atoms with Gasteiger partial charge in [-0.15, -0.1) is 0 Å². The predicted molar refractivity (Wildman–Crippen MR) is 183 cm³/mol. The Labute approximate surface area is 293 Å². The van der Waals surface area contributed by atoms with Crippen LogP contribution in [0.4, 0.5) is 5.69 Å². The molecule has 3 aliphatic rings. The molecule has 1 amide bonds. The fourth-order valence-electron chi connectivity index (χ4n) is 5.58. The normalized spacial score (nSPS) is 17.7. The van der Waals surface area contributed by atoms with Gasteiger partial charge < -0.3 is 18.9 Å². The van der Waals surface area contributed by atoms with Gasteiger partial charge in [0.1, 0.15) is 18.8 Å². The van der Waals surface area contributed by atoms with E-state index in [2.05, 4.69) is 0 Å². The number of ether oxygens (including phenoxy) is 4. The van der Waals surface area contributed by atoms with Crippen molar-refractivity contribution in [2.75, 3.05) is 33.3 Å². The van der Waals surface area contributed by atoms with Gasteiger partial charge in [0, 0.05) is 21.1 Å². The van der Waals surface area contributed by atoms with Crippen molar-refractivity contribution in [2.45, 2.75) is 30.4 Å². The highest BCUT2D eigenvalue weighted by molar-refractivity contribution is 8.26. The number of benzene rings is 2. The van der Waals surface area contributed by atoms with E-state index in [-0.39, 0.29) is 30.9 Å². The molecule has 10 nitrogen and oxygen atoms in total. The Morgan fingerprint density at radius 2 is 1.30 bits per heavy atom. The summed E-state index contributed by atoms with van der Waals surface area (Å²) in [6.45, 7) is 5.42. The summed E-state index contributed by atoms with van der Waals surface area (Å²) in [5.74, 6) is -3.91. The molecule has 246 valence electrons. The lowest BCUT2D eigenvalue weighted by atomic mass is 9.82. The van der Waals surface area contributed by atoms with Gasteiger partial charge in [0.15, 0.2) is 0 Å². The van der Waals surface area contributed by atoms with Crippen molar-refractivity contribution in [3.63, 3.8) is 0 Å². The van der Waals surface area contributed by atoms with Crippen LogP contribution in [0.1, 0.15) is 35.3 Å². The molecule has 0 saturated heterocycles. The molecule has 0 fully saturated rings.